The molecule has 21 heavy (non-hydrogen) atoms. The van der Waals surface area contributed by atoms with E-state index in [1.807, 2.05) is 6.07 Å². The third kappa shape index (κ3) is 2.83. The van der Waals surface area contributed by atoms with E-state index in [1.54, 1.807) is 0 Å². The Balaban J connectivity index is 1.72. The van der Waals surface area contributed by atoms with Crippen LogP contribution in [0.3, 0.4) is 0 Å². The monoisotopic (exact) mass is 289 g/mol. The van der Waals surface area contributed by atoms with Crippen molar-refractivity contribution in [2.75, 3.05) is 26.3 Å². The minimum atomic E-state index is -0.672. The number of carboxylic acid groups (broad SMARTS) is 1. The number of nitrogens with zero attached hydrogens (tertiary/aromatic N) is 1. The molecule has 2 fully saturated rings. The van der Waals surface area contributed by atoms with Crippen molar-refractivity contribution in [2.24, 2.45) is 0 Å². The van der Waals surface area contributed by atoms with Gasteiger partial charge in [0.25, 0.3) is 0 Å². The second-order valence-electron chi connectivity index (χ2n) is 6.12. The molecular weight excluding hydrogens is 266 g/mol. The molecule has 1 N–H and O–H groups in total. The van der Waals surface area contributed by atoms with Crippen LogP contribution >= 0.6 is 0 Å². The lowest BCUT2D eigenvalue weighted by molar-refractivity contribution is -0.158. The Hall–Kier alpha value is -1.39. The van der Waals surface area contributed by atoms with Gasteiger partial charge < -0.3 is 9.84 Å². The van der Waals surface area contributed by atoms with Crippen LogP contribution in [0.5, 0.6) is 0 Å². The molecular formula is C17H23NO3. The Morgan fingerprint density at radius 1 is 1.14 bits per heavy atom. The molecule has 4 heteroatoms. The second kappa shape index (κ2) is 6.16. The summed E-state index contributed by atoms with van der Waals surface area (Å²) in [6.07, 6.45) is 3.38. The van der Waals surface area contributed by atoms with Crippen molar-refractivity contribution in [3.05, 3.63) is 35.9 Å². The Morgan fingerprint density at radius 3 is 2.33 bits per heavy atom. The van der Waals surface area contributed by atoms with Crippen LogP contribution in [0.2, 0.25) is 0 Å². The highest BCUT2D eigenvalue weighted by atomic mass is 16.5. The predicted molar refractivity (Wildman–Crippen MR) is 80.4 cm³/mol. The highest BCUT2D eigenvalue weighted by Crippen LogP contribution is 2.41. The van der Waals surface area contributed by atoms with Gasteiger partial charge >= 0.3 is 5.97 Å². The summed E-state index contributed by atoms with van der Waals surface area (Å²) in [5.74, 6) is -0.157. The summed E-state index contributed by atoms with van der Waals surface area (Å²) in [6.45, 7) is 2.78. The number of aliphatic carboxylic acids is 1. The summed E-state index contributed by atoms with van der Waals surface area (Å²) in [7, 11) is 0. The zero-order valence-electron chi connectivity index (χ0n) is 12.3. The van der Waals surface area contributed by atoms with Gasteiger partial charge in [0.1, 0.15) is 5.54 Å². The van der Waals surface area contributed by atoms with Crippen LogP contribution in [-0.2, 0) is 9.53 Å². The molecule has 0 spiro atoms. The second-order valence-corrected chi connectivity index (χ2v) is 6.12. The first kappa shape index (κ1) is 14.5. The lowest BCUT2D eigenvalue weighted by atomic mass is 9.73. The number of hydrogen-bond acceptors (Lipinski definition) is 3. The van der Waals surface area contributed by atoms with Crippen molar-refractivity contribution in [3.8, 4) is 0 Å². The van der Waals surface area contributed by atoms with E-state index in [0.717, 1.165) is 38.8 Å². The number of carboxylic acids is 1. The van der Waals surface area contributed by atoms with Crippen molar-refractivity contribution in [2.45, 2.75) is 37.1 Å². The van der Waals surface area contributed by atoms with Gasteiger partial charge in [0, 0.05) is 13.1 Å². The van der Waals surface area contributed by atoms with Gasteiger partial charge in [-0.25, -0.2) is 0 Å². The highest BCUT2D eigenvalue weighted by molar-refractivity contribution is 5.79. The van der Waals surface area contributed by atoms with Gasteiger partial charge in [-0.3, -0.25) is 9.69 Å². The molecule has 0 radical (unpaired) electrons. The maximum atomic E-state index is 11.9. The molecule has 0 atom stereocenters. The number of carbonyl (C=O) groups is 1. The Bertz CT molecular complexity index is 474. The number of benzene rings is 1. The maximum absolute atomic E-state index is 11.9. The van der Waals surface area contributed by atoms with Crippen LogP contribution in [0.1, 0.15) is 37.2 Å². The van der Waals surface area contributed by atoms with Crippen LogP contribution in [0.15, 0.2) is 30.3 Å². The average Bonchev–Trinajstić information content (AvgIpc) is 2.56. The third-order valence-corrected chi connectivity index (χ3v) is 5.10. The van der Waals surface area contributed by atoms with Gasteiger partial charge in [0.05, 0.1) is 13.2 Å². The summed E-state index contributed by atoms with van der Waals surface area (Å²) in [4.78, 5) is 14.1. The normalized spacial score (nSPS) is 31.0. The van der Waals surface area contributed by atoms with Gasteiger partial charge in [0.15, 0.2) is 0 Å². The van der Waals surface area contributed by atoms with Crippen molar-refractivity contribution in [3.63, 3.8) is 0 Å². The van der Waals surface area contributed by atoms with Crippen LogP contribution in [0.4, 0.5) is 0 Å². The van der Waals surface area contributed by atoms with E-state index in [4.69, 9.17) is 4.74 Å². The first-order chi connectivity index (χ1) is 10.2. The van der Waals surface area contributed by atoms with E-state index in [0.29, 0.717) is 19.1 Å². The van der Waals surface area contributed by atoms with E-state index < -0.39 is 11.5 Å². The van der Waals surface area contributed by atoms with Crippen molar-refractivity contribution < 1.29 is 14.6 Å². The molecule has 0 bridgehead atoms. The smallest absolute Gasteiger partial charge is 0.324 e. The van der Waals surface area contributed by atoms with Crippen molar-refractivity contribution in [1.82, 2.24) is 4.90 Å². The molecule has 0 aromatic heterocycles. The molecule has 1 aromatic rings. The summed E-state index contributed by atoms with van der Waals surface area (Å²) < 4.78 is 5.37. The van der Waals surface area contributed by atoms with Crippen LogP contribution in [-0.4, -0.2) is 47.8 Å². The Morgan fingerprint density at radius 2 is 1.76 bits per heavy atom. The SMILES string of the molecule is O=C(O)C1(N2CCOCC2)CCC(c2ccccc2)CC1. The molecule has 2 aliphatic rings. The summed E-state index contributed by atoms with van der Waals surface area (Å²) in [5, 5.41) is 9.82. The van der Waals surface area contributed by atoms with Crippen LogP contribution < -0.4 is 0 Å². The molecule has 1 aliphatic heterocycles. The number of morpholine rings is 1. The highest BCUT2D eigenvalue weighted by Gasteiger charge is 2.47. The van der Waals surface area contributed by atoms with Gasteiger partial charge in [-0.05, 0) is 37.2 Å². The molecule has 0 unspecified atom stereocenters. The van der Waals surface area contributed by atoms with Gasteiger partial charge in [-0.2, -0.15) is 0 Å². The summed E-state index contributed by atoms with van der Waals surface area (Å²) in [6, 6.07) is 10.5. The molecule has 114 valence electrons. The first-order valence-electron chi connectivity index (χ1n) is 7.83. The van der Waals surface area contributed by atoms with E-state index in [2.05, 4.69) is 29.2 Å². The quantitative estimate of drug-likeness (QED) is 0.929. The first-order valence-corrected chi connectivity index (χ1v) is 7.83. The molecule has 4 nitrogen and oxygen atoms in total. The molecule has 1 aliphatic carbocycles. The number of rotatable bonds is 3. The van der Waals surface area contributed by atoms with Gasteiger partial charge in [0.2, 0.25) is 0 Å². The molecule has 3 rings (SSSR count). The largest absolute Gasteiger partial charge is 0.480 e. The third-order valence-electron chi connectivity index (χ3n) is 5.10. The fourth-order valence-corrected chi connectivity index (χ4v) is 3.81. The summed E-state index contributed by atoms with van der Waals surface area (Å²) in [5.41, 5.74) is 0.674. The van der Waals surface area contributed by atoms with E-state index in [1.165, 1.54) is 5.56 Å². The van der Waals surface area contributed by atoms with Crippen LogP contribution in [0, 0.1) is 0 Å². The minimum absolute atomic E-state index is 0.500. The van der Waals surface area contributed by atoms with Crippen molar-refractivity contribution >= 4 is 5.97 Å². The fourth-order valence-electron chi connectivity index (χ4n) is 3.81. The summed E-state index contributed by atoms with van der Waals surface area (Å²) >= 11 is 0. The molecule has 1 heterocycles. The Kier molecular flexibility index (Phi) is 4.27. The van der Waals surface area contributed by atoms with Crippen LogP contribution in [0.25, 0.3) is 0 Å². The molecule has 1 saturated carbocycles. The van der Waals surface area contributed by atoms with E-state index in [-0.39, 0.29) is 0 Å². The Labute approximate surface area is 125 Å². The topological polar surface area (TPSA) is 49.8 Å². The molecule has 1 saturated heterocycles. The van der Waals surface area contributed by atoms with Gasteiger partial charge in [-0.1, -0.05) is 30.3 Å². The lowest BCUT2D eigenvalue weighted by Crippen LogP contribution is -2.59. The number of hydrogen-bond donors (Lipinski definition) is 1. The zero-order valence-corrected chi connectivity index (χ0v) is 12.3. The zero-order chi connectivity index (χ0) is 14.7. The molecule has 0 amide bonds. The number of ether oxygens (including phenoxy) is 1. The van der Waals surface area contributed by atoms with E-state index in [9.17, 15) is 9.90 Å². The van der Waals surface area contributed by atoms with Crippen molar-refractivity contribution in [1.29, 1.82) is 0 Å². The minimum Gasteiger partial charge on any atom is -0.480 e. The standard InChI is InChI=1S/C17H23NO3/c19-16(20)17(18-10-12-21-13-11-18)8-6-15(7-9-17)14-4-2-1-3-5-14/h1-5,15H,6-13H2,(H,19,20). The maximum Gasteiger partial charge on any atom is 0.324 e. The predicted octanol–water partition coefficient (Wildman–Crippen LogP) is 2.50. The van der Waals surface area contributed by atoms with E-state index >= 15 is 0 Å². The lowest BCUT2D eigenvalue weighted by Gasteiger charge is -2.46. The molecule has 1 aromatic carbocycles. The fraction of sp³-hybridized carbons (Fsp3) is 0.588. The van der Waals surface area contributed by atoms with Gasteiger partial charge in [-0.15, -0.1) is 0 Å². The average molecular weight is 289 g/mol.